The Morgan fingerprint density at radius 3 is 2.38 bits per heavy atom. The molecule has 140 valence electrons. The molecular weight excluding hydrogens is 409 g/mol. The molecule has 0 radical (unpaired) electrons. The van der Waals surface area contributed by atoms with E-state index in [9.17, 15) is 13.2 Å². The van der Waals surface area contributed by atoms with E-state index in [0.717, 1.165) is 53.9 Å². The number of hydrogen-bond acceptors (Lipinski definition) is 4. The van der Waals surface area contributed by atoms with Crippen molar-refractivity contribution < 1.29 is 13.2 Å². The molecule has 2 N–H and O–H groups in total. The lowest BCUT2D eigenvalue weighted by molar-refractivity contribution is -0.137. The van der Waals surface area contributed by atoms with E-state index in [1.54, 1.807) is 18.3 Å². The van der Waals surface area contributed by atoms with Crippen molar-refractivity contribution in [1.29, 1.82) is 0 Å². The van der Waals surface area contributed by atoms with Crippen LogP contribution in [0.15, 0.2) is 41.3 Å². The van der Waals surface area contributed by atoms with E-state index in [2.05, 4.69) is 30.8 Å². The zero-order chi connectivity index (χ0) is 18.7. The fourth-order valence-electron chi connectivity index (χ4n) is 3.57. The molecule has 0 saturated carbocycles. The van der Waals surface area contributed by atoms with E-state index in [1.807, 2.05) is 0 Å². The number of nitrogens with two attached hydrogens (primary N) is 1. The molecule has 3 rings (SSSR count). The molecule has 0 amide bonds. The first-order chi connectivity index (χ1) is 12.4. The van der Waals surface area contributed by atoms with Crippen molar-refractivity contribution in [3.05, 3.63) is 52.4 Å². The topological polar surface area (TPSA) is 55.0 Å². The van der Waals surface area contributed by atoms with Gasteiger partial charge in [0.15, 0.2) is 0 Å². The predicted octanol–water partition coefficient (Wildman–Crippen LogP) is 4.22. The Morgan fingerprint density at radius 1 is 1.19 bits per heavy atom. The third-order valence-electron chi connectivity index (χ3n) is 4.98. The highest BCUT2D eigenvalue weighted by Crippen LogP contribution is 2.36. The second kappa shape index (κ2) is 7.92. The Balaban J connectivity index is 1.68. The number of piperidine rings is 1. The van der Waals surface area contributed by atoms with Gasteiger partial charge in [-0.3, -0.25) is 0 Å². The number of nitrogens with zero attached hydrogens (tertiary/aromatic N) is 3. The maximum Gasteiger partial charge on any atom is 0.416 e. The summed E-state index contributed by atoms with van der Waals surface area (Å²) in [4.78, 5) is 10.5. The van der Waals surface area contributed by atoms with Crippen molar-refractivity contribution in [3.8, 4) is 0 Å². The SMILES string of the molecule is NCC(c1ccc(C(F)(F)F)cc1)C1CCN(c2ncncc2Br)CC1. The van der Waals surface area contributed by atoms with Crippen molar-refractivity contribution >= 4 is 21.7 Å². The van der Waals surface area contributed by atoms with E-state index in [4.69, 9.17) is 5.73 Å². The highest BCUT2D eigenvalue weighted by atomic mass is 79.9. The minimum absolute atomic E-state index is 0.0632. The average molecular weight is 429 g/mol. The highest BCUT2D eigenvalue weighted by Gasteiger charge is 2.32. The fourth-order valence-corrected chi connectivity index (χ4v) is 4.04. The summed E-state index contributed by atoms with van der Waals surface area (Å²) in [6, 6.07) is 5.41. The molecule has 1 atom stereocenters. The molecule has 2 heterocycles. The van der Waals surface area contributed by atoms with Crippen molar-refractivity contribution in [2.75, 3.05) is 24.5 Å². The van der Waals surface area contributed by atoms with Crippen LogP contribution in [0, 0.1) is 5.92 Å². The lowest BCUT2D eigenvalue weighted by Crippen LogP contribution is -2.37. The van der Waals surface area contributed by atoms with Crippen LogP contribution in [0.25, 0.3) is 0 Å². The molecule has 1 aliphatic heterocycles. The number of aromatic nitrogens is 2. The number of benzene rings is 1. The largest absolute Gasteiger partial charge is 0.416 e. The first-order valence-corrected chi connectivity index (χ1v) is 9.27. The molecule has 8 heteroatoms. The van der Waals surface area contributed by atoms with Gasteiger partial charge in [0.2, 0.25) is 0 Å². The van der Waals surface area contributed by atoms with Crippen LogP contribution in [0.3, 0.4) is 0 Å². The maximum atomic E-state index is 12.7. The summed E-state index contributed by atoms with van der Waals surface area (Å²) < 4.78 is 39.1. The summed E-state index contributed by atoms with van der Waals surface area (Å²) in [5, 5.41) is 0. The van der Waals surface area contributed by atoms with Crippen molar-refractivity contribution in [1.82, 2.24) is 9.97 Å². The van der Waals surface area contributed by atoms with Crippen LogP contribution >= 0.6 is 15.9 Å². The standard InChI is InChI=1S/C18H20BrF3N4/c19-16-10-24-11-25-17(16)26-7-5-13(6-8-26)15(9-23)12-1-3-14(4-2-12)18(20,21)22/h1-4,10-11,13,15H,5-9,23H2. The van der Waals surface area contributed by atoms with Gasteiger partial charge in [-0.05, 0) is 64.8 Å². The monoisotopic (exact) mass is 428 g/mol. The maximum absolute atomic E-state index is 12.7. The van der Waals surface area contributed by atoms with E-state index in [0.29, 0.717) is 12.5 Å². The van der Waals surface area contributed by atoms with Crippen molar-refractivity contribution in [2.24, 2.45) is 11.7 Å². The zero-order valence-electron chi connectivity index (χ0n) is 14.1. The van der Waals surface area contributed by atoms with Crippen LogP contribution in [0.4, 0.5) is 19.0 Å². The third-order valence-corrected chi connectivity index (χ3v) is 5.54. The third kappa shape index (κ3) is 4.17. The lowest BCUT2D eigenvalue weighted by Gasteiger charge is -2.36. The van der Waals surface area contributed by atoms with Crippen LogP contribution in [0.5, 0.6) is 0 Å². The Hall–Kier alpha value is -1.67. The second-order valence-electron chi connectivity index (χ2n) is 6.48. The molecule has 1 aromatic heterocycles. The summed E-state index contributed by atoms with van der Waals surface area (Å²) in [6.07, 6.45) is 0.766. The summed E-state index contributed by atoms with van der Waals surface area (Å²) in [5.74, 6) is 1.28. The van der Waals surface area contributed by atoms with Crippen LogP contribution < -0.4 is 10.6 Å². The first kappa shape index (κ1) is 19.1. The molecule has 1 unspecified atom stereocenters. The van der Waals surface area contributed by atoms with Gasteiger partial charge >= 0.3 is 6.18 Å². The molecule has 2 aromatic rings. The van der Waals surface area contributed by atoms with Gasteiger partial charge in [0.05, 0.1) is 10.0 Å². The Morgan fingerprint density at radius 2 is 1.85 bits per heavy atom. The van der Waals surface area contributed by atoms with Crippen molar-refractivity contribution in [2.45, 2.75) is 24.9 Å². The van der Waals surface area contributed by atoms with Crippen LogP contribution in [0.2, 0.25) is 0 Å². The zero-order valence-corrected chi connectivity index (χ0v) is 15.7. The number of halogens is 4. The molecule has 1 aliphatic rings. The second-order valence-corrected chi connectivity index (χ2v) is 7.34. The van der Waals surface area contributed by atoms with E-state index < -0.39 is 11.7 Å². The Kier molecular flexibility index (Phi) is 5.82. The van der Waals surface area contributed by atoms with E-state index >= 15 is 0 Å². The molecule has 1 saturated heterocycles. The summed E-state index contributed by atoms with van der Waals surface area (Å²) in [5.41, 5.74) is 6.22. The highest BCUT2D eigenvalue weighted by molar-refractivity contribution is 9.10. The van der Waals surface area contributed by atoms with Crippen LogP contribution in [-0.4, -0.2) is 29.6 Å². The molecular formula is C18H20BrF3N4. The molecule has 1 fully saturated rings. The lowest BCUT2D eigenvalue weighted by atomic mass is 9.80. The van der Waals surface area contributed by atoms with Gasteiger partial charge in [-0.25, -0.2) is 9.97 Å². The Bertz CT molecular complexity index is 728. The predicted molar refractivity (Wildman–Crippen MR) is 97.9 cm³/mol. The number of alkyl halides is 3. The minimum atomic E-state index is -4.31. The number of rotatable bonds is 4. The van der Waals surface area contributed by atoms with Gasteiger partial charge in [0, 0.05) is 19.3 Å². The molecule has 0 spiro atoms. The number of anilines is 1. The van der Waals surface area contributed by atoms with Gasteiger partial charge < -0.3 is 10.6 Å². The van der Waals surface area contributed by atoms with E-state index in [1.165, 1.54) is 6.33 Å². The molecule has 26 heavy (non-hydrogen) atoms. The van der Waals surface area contributed by atoms with Gasteiger partial charge in [-0.2, -0.15) is 13.2 Å². The average Bonchev–Trinajstić information content (AvgIpc) is 2.63. The van der Waals surface area contributed by atoms with Gasteiger partial charge in [0.25, 0.3) is 0 Å². The quantitative estimate of drug-likeness (QED) is 0.791. The van der Waals surface area contributed by atoms with Gasteiger partial charge in [0.1, 0.15) is 12.1 Å². The van der Waals surface area contributed by atoms with Gasteiger partial charge in [-0.15, -0.1) is 0 Å². The van der Waals surface area contributed by atoms with Gasteiger partial charge in [-0.1, -0.05) is 12.1 Å². The first-order valence-electron chi connectivity index (χ1n) is 8.48. The minimum Gasteiger partial charge on any atom is -0.356 e. The molecule has 0 bridgehead atoms. The van der Waals surface area contributed by atoms with Crippen LogP contribution in [0.1, 0.15) is 29.9 Å². The van der Waals surface area contributed by atoms with Crippen molar-refractivity contribution in [3.63, 3.8) is 0 Å². The fraction of sp³-hybridized carbons (Fsp3) is 0.444. The smallest absolute Gasteiger partial charge is 0.356 e. The molecule has 0 aliphatic carbocycles. The number of hydrogen-bond donors (Lipinski definition) is 1. The Labute approximate surface area is 158 Å². The molecule has 4 nitrogen and oxygen atoms in total. The summed E-state index contributed by atoms with van der Waals surface area (Å²) in [7, 11) is 0. The molecule has 1 aromatic carbocycles. The van der Waals surface area contributed by atoms with E-state index in [-0.39, 0.29) is 5.92 Å². The summed E-state index contributed by atoms with van der Waals surface area (Å²) in [6.45, 7) is 2.09. The summed E-state index contributed by atoms with van der Waals surface area (Å²) >= 11 is 3.47. The normalized spacial score (nSPS) is 17.3. The van der Waals surface area contributed by atoms with Crippen LogP contribution in [-0.2, 0) is 6.18 Å².